The second-order valence-corrected chi connectivity index (χ2v) is 8.11. The predicted molar refractivity (Wildman–Crippen MR) is 110 cm³/mol. The standard InChI is InChI=1S/C19H31N5S/c1-16-4-3-5-18(17(16)2)23-10-8-22(9-11-23)7-6-21-19(20)24-12-14-25-15-13-24/h3-5H,6-15H2,1-2H3,(H2,20,21). The van der Waals surface area contributed by atoms with Crippen LogP contribution in [-0.2, 0) is 0 Å². The topological polar surface area (TPSA) is 48.1 Å². The molecule has 5 nitrogen and oxygen atoms in total. The number of nitrogens with zero attached hydrogens (tertiary/aromatic N) is 4. The third-order valence-corrected chi connectivity index (χ3v) is 6.26. The van der Waals surface area contributed by atoms with E-state index in [0.717, 1.165) is 69.8 Å². The third kappa shape index (κ3) is 4.82. The van der Waals surface area contributed by atoms with Crippen LogP contribution in [0, 0.1) is 13.8 Å². The molecular formula is C19H31N5S. The summed E-state index contributed by atoms with van der Waals surface area (Å²) in [6, 6.07) is 6.61. The molecule has 6 heteroatoms. The van der Waals surface area contributed by atoms with Gasteiger partial charge in [0, 0.05) is 63.0 Å². The zero-order valence-corrected chi connectivity index (χ0v) is 16.4. The van der Waals surface area contributed by atoms with Crippen molar-refractivity contribution in [3.05, 3.63) is 29.3 Å². The molecule has 1 aromatic carbocycles. The second-order valence-electron chi connectivity index (χ2n) is 6.89. The lowest BCUT2D eigenvalue weighted by molar-refractivity contribution is 0.264. The lowest BCUT2D eigenvalue weighted by Crippen LogP contribution is -2.47. The van der Waals surface area contributed by atoms with Gasteiger partial charge >= 0.3 is 0 Å². The Labute approximate surface area is 156 Å². The lowest BCUT2D eigenvalue weighted by atomic mass is 10.1. The van der Waals surface area contributed by atoms with Crippen molar-refractivity contribution in [2.45, 2.75) is 13.8 Å². The maximum atomic E-state index is 6.13. The van der Waals surface area contributed by atoms with Gasteiger partial charge in [0.15, 0.2) is 5.96 Å². The summed E-state index contributed by atoms with van der Waals surface area (Å²) in [5.74, 6) is 3.06. The normalized spacial score (nSPS) is 20.2. The van der Waals surface area contributed by atoms with Gasteiger partial charge in [0.2, 0.25) is 0 Å². The van der Waals surface area contributed by atoms with Crippen LogP contribution in [0.2, 0.25) is 0 Å². The summed E-state index contributed by atoms with van der Waals surface area (Å²) in [5, 5.41) is 0. The van der Waals surface area contributed by atoms with Crippen molar-refractivity contribution in [2.24, 2.45) is 10.7 Å². The van der Waals surface area contributed by atoms with E-state index in [1.807, 2.05) is 11.8 Å². The minimum atomic E-state index is 0.731. The first-order valence-electron chi connectivity index (χ1n) is 9.31. The van der Waals surface area contributed by atoms with Crippen molar-refractivity contribution in [1.82, 2.24) is 9.80 Å². The van der Waals surface area contributed by atoms with E-state index in [0.29, 0.717) is 0 Å². The molecule has 25 heavy (non-hydrogen) atoms. The maximum absolute atomic E-state index is 6.13. The number of piperazine rings is 1. The maximum Gasteiger partial charge on any atom is 0.191 e. The number of anilines is 1. The molecule has 0 amide bonds. The third-order valence-electron chi connectivity index (χ3n) is 5.31. The van der Waals surface area contributed by atoms with E-state index in [4.69, 9.17) is 5.73 Å². The molecule has 0 radical (unpaired) electrons. The summed E-state index contributed by atoms with van der Waals surface area (Å²) in [6.45, 7) is 12.7. The van der Waals surface area contributed by atoms with E-state index in [9.17, 15) is 0 Å². The van der Waals surface area contributed by atoms with E-state index in [-0.39, 0.29) is 0 Å². The highest BCUT2D eigenvalue weighted by Crippen LogP contribution is 2.23. The van der Waals surface area contributed by atoms with Gasteiger partial charge in [0.05, 0.1) is 6.54 Å². The zero-order chi connectivity index (χ0) is 17.6. The first kappa shape index (κ1) is 18.4. The molecule has 1 aromatic rings. The second kappa shape index (κ2) is 8.81. The van der Waals surface area contributed by atoms with E-state index < -0.39 is 0 Å². The molecule has 0 aromatic heterocycles. The number of aliphatic imine (C=N–C) groups is 1. The van der Waals surface area contributed by atoms with Crippen molar-refractivity contribution in [3.8, 4) is 0 Å². The van der Waals surface area contributed by atoms with Crippen molar-refractivity contribution >= 4 is 23.4 Å². The van der Waals surface area contributed by atoms with Gasteiger partial charge in [-0.3, -0.25) is 9.89 Å². The fourth-order valence-electron chi connectivity index (χ4n) is 3.49. The minimum absolute atomic E-state index is 0.731. The highest BCUT2D eigenvalue weighted by molar-refractivity contribution is 7.99. The van der Waals surface area contributed by atoms with Gasteiger partial charge in [-0.2, -0.15) is 11.8 Å². The molecule has 2 fully saturated rings. The number of thioether (sulfide) groups is 1. The highest BCUT2D eigenvalue weighted by atomic mass is 32.2. The fraction of sp³-hybridized carbons (Fsp3) is 0.632. The van der Waals surface area contributed by atoms with Crippen LogP contribution in [0.25, 0.3) is 0 Å². The van der Waals surface area contributed by atoms with Crippen LogP contribution in [0.3, 0.4) is 0 Å². The zero-order valence-electron chi connectivity index (χ0n) is 15.6. The fourth-order valence-corrected chi connectivity index (χ4v) is 4.39. The first-order chi connectivity index (χ1) is 12.1. The Balaban J connectivity index is 1.44. The molecule has 0 saturated carbocycles. The number of rotatable bonds is 4. The predicted octanol–water partition coefficient (Wildman–Crippen LogP) is 1.79. The van der Waals surface area contributed by atoms with Crippen LogP contribution in [0.5, 0.6) is 0 Å². The van der Waals surface area contributed by atoms with Gasteiger partial charge in [-0.15, -0.1) is 0 Å². The molecule has 2 N–H and O–H groups in total. The molecule has 0 atom stereocenters. The largest absolute Gasteiger partial charge is 0.370 e. The number of aryl methyl sites for hydroxylation is 1. The van der Waals surface area contributed by atoms with Crippen LogP contribution >= 0.6 is 11.8 Å². The van der Waals surface area contributed by atoms with Crippen LogP contribution in [-0.4, -0.2) is 79.6 Å². The van der Waals surface area contributed by atoms with Crippen LogP contribution < -0.4 is 10.6 Å². The Morgan fingerprint density at radius 3 is 2.52 bits per heavy atom. The molecule has 2 saturated heterocycles. The van der Waals surface area contributed by atoms with Crippen LogP contribution in [0.4, 0.5) is 5.69 Å². The average Bonchev–Trinajstić information content (AvgIpc) is 2.65. The Bertz CT molecular complexity index is 589. The summed E-state index contributed by atoms with van der Waals surface area (Å²) >= 11 is 2.00. The van der Waals surface area contributed by atoms with Gasteiger partial charge in [0.25, 0.3) is 0 Å². The Morgan fingerprint density at radius 1 is 1.08 bits per heavy atom. The minimum Gasteiger partial charge on any atom is -0.370 e. The number of nitrogens with two attached hydrogens (primary N) is 1. The van der Waals surface area contributed by atoms with Gasteiger partial charge in [0.1, 0.15) is 0 Å². The van der Waals surface area contributed by atoms with Crippen molar-refractivity contribution < 1.29 is 0 Å². The number of benzene rings is 1. The first-order valence-corrected chi connectivity index (χ1v) is 10.5. The summed E-state index contributed by atoms with van der Waals surface area (Å²) in [6.07, 6.45) is 0. The molecule has 2 aliphatic rings. The Morgan fingerprint density at radius 2 is 1.80 bits per heavy atom. The smallest absolute Gasteiger partial charge is 0.191 e. The molecule has 3 rings (SSSR count). The van der Waals surface area contributed by atoms with E-state index >= 15 is 0 Å². The summed E-state index contributed by atoms with van der Waals surface area (Å²) in [7, 11) is 0. The molecule has 0 aliphatic carbocycles. The van der Waals surface area contributed by atoms with Crippen LogP contribution in [0.1, 0.15) is 11.1 Å². The van der Waals surface area contributed by atoms with E-state index in [1.54, 1.807) is 0 Å². The van der Waals surface area contributed by atoms with Gasteiger partial charge in [-0.05, 0) is 31.0 Å². The average molecular weight is 362 g/mol. The summed E-state index contributed by atoms with van der Waals surface area (Å²) < 4.78 is 0. The highest BCUT2D eigenvalue weighted by Gasteiger charge is 2.18. The van der Waals surface area contributed by atoms with Crippen molar-refractivity contribution in [1.29, 1.82) is 0 Å². The van der Waals surface area contributed by atoms with Gasteiger partial charge in [-0.1, -0.05) is 12.1 Å². The SMILES string of the molecule is Cc1cccc(N2CCN(CCN=C(N)N3CCSCC3)CC2)c1C. The molecular weight excluding hydrogens is 330 g/mol. The number of hydrogen-bond acceptors (Lipinski definition) is 4. The summed E-state index contributed by atoms with van der Waals surface area (Å²) in [5.41, 5.74) is 10.3. The molecule has 2 aliphatic heterocycles. The number of guanidine groups is 1. The Hall–Kier alpha value is -1.40. The summed E-state index contributed by atoms with van der Waals surface area (Å²) in [4.78, 5) is 11.8. The van der Waals surface area contributed by atoms with Gasteiger partial charge < -0.3 is 15.5 Å². The van der Waals surface area contributed by atoms with E-state index in [2.05, 4.69) is 51.7 Å². The molecule has 138 valence electrons. The molecule has 0 bridgehead atoms. The lowest BCUT2D eigenvalue weighted by Gasteiger charge is -2.37. The molecule has 0 spiro atoms. The Kier molecular flexibility index (Phi) is 6.48. The monoisotopic (exact) mass is 361 g/mol. The van der Waals surface area contributed by atoms with Crippen molar-refractivity contribution in [3.63, 3.8) is 0 Å². The quantitative estimate of drug-likeness (QED) is 0.654. The van der Waals surface area contributed by atoms with Gasteiger partial charge in [-0.25, -0.2) is 0 Å². The molecule has 0 unspecified atom stereocenters. The van der Waals surface area contributed by atoms with E-state index in [1.165, 1.54) is 16.8 Å². The molecule has 2 heterocycles. The van der Waals surface area contributed by atoms with Crippen molar-refractivity contribution in [2.75, 3.05) is 68.8 Å². The number of hydrogen-bond donors (Lipinski definition) is 1. The van der Waals surface area contributed by atoms with Crippen LogP contribution in [0.15, 0.2) is 23.2 Å².